The Kier molecular flexibility index (Phi) is 5.67. The zero-order valence-corrected chi connectivity index (χ0v) is 20.8. The molecular formula is C28H26N2O6. The summed E-state index contributed by atoms with van der Waals surface area (Å²) < 4.78 is 23.6. The van der Waals surface area contributed by atoms with Gasteiger partial charge in [0.1, 0.15) is 5.75 Å². The number of carbonyl (C=O) groups excluding carboxylic acids is 1. The minimum atomic E-state index is -0.805. The van der Waals surface area contributed by atoms with Crippen molar-refractivity contribution in [3.63, 3.8) is 0 Å². The highest BCUT2D eigenvalue weighted by atomic mass is 16.6. The maximum Gasteiger partial charge on any atom is 0.346 e. The summed E-state index contributed by atoms with van der Waals surface area (Å²) in [6.45, 7) is 7.66. The molecule has 3 aromatic heterocycles. The maximum atomic E-state index is 14.0. The smallest absolute Gasteiger partial charge is 0.346 e. The van der Waals surface area contributed by atoms with Crippen LogP contribution < -0.4 is 19.8 Å². The highest BCUT2D eigenvalue weighted by molar-refractivity contribution is 6.20. The Labute approximate surface area is 207 Å². The van der Waals surface area contributed by atoms with E-state index in [-0.39, 0.29) is 5.56 Å². The summed E-state index contributed by atoms with van der Waals surface area (Å²) in [6.07, 6.45) is 1.42. The van der Waals surface area contributed by atoms with Crippen LogP contribution in [0, 0.1) is 0 Å². The number of esters is 1. The van der Waals surface area contributed by atoms with Gasteiger partial charge in [-0.25, -0.2) is 4.79 Å². The summed E-state index contributed by atoms with van der Waals surface area (Å²) in [5, 5.41) is 2.77. The zero-order chi connectivity index (χ0) is 25.7. The van der Waals surface area contributed by atoms with Gasteiger partial charge in [-0.2, -0.15) is 0 Å². The number of hydrogen-bond acceptors (Lipinski definition) is 7. The third-order valence-electron chi connectivity index (χ3n) is 6.44. The predicted molar refractivity (Wildman–Crippen MR) is 139 cm³/mol. The van der Waals surface area contributed by atoms with Crippen LogP contribution >= 0.6 is 0 Å². The lowest BCUT2D eigenvalue weighted by Gasteiger charge is -2.17. The van der Waals surface area contributed by atoms with Crippen LogP contribution in [0.1, 0.15) is 19.4 Å². The molecule has 0 amide bonds. The fourth-order valence-electron chi connectivity index (χ4n) is 4.95. The highest BCUT2D eigenvalue weighted by Gasteiger charge is 2.25. The first-order valence-electron chi connectivity index (χ1n) is 11.5. The number of aromatic nitrogens is 2. The number of hydrogen-bond donors (Lipinski definition) is 0. The Morgan fingerprint density at radius 1 is 1.03 bits per heavy atom. The lowest BCUT2D eigenvalue weighted by molar-refractivity contribution is -0.147. The van der Waals surface area contributed by atoms with Gasteiger partial charge in [-0.3, -0.25) is 14.2 Å². The molecule has 0 spiro atoms. The minimum absolute atomic E-state index is 0.237. The van der Waals surface area contributed by atoms with Crippen molar-refractivity contribution in [1.82, 2.24) is 9.38 Å². The topological polar surface area (TPSA) is 88.4 Å². The molecule has 0 fully saturated rings. The lowest BCUT2D eigenvalue weighted by Crippen LogP contribution is -2.25. The molecule has 1 atom stereocenters. The van der Waals surface area contributed by atoms with E-state index in [1.54, 1.807) is 29.7 Å². The Hall–Kier alpha value is -4.33. The number of nitrogens with zero attached hydrogens (tertiary/aromatic N) is 2. The predicted octanol–water partition coefficient (Wildman–Crippen LogP) is 4.67. The van der Waals surface area contributed by atoms with Crippen molar-refractivity contribution in [1.29, 1.82) is 0 Å². The van der Waals surface area contributed by atoms with Gasteiger partial charge in [0.05, 0.1) is 43.3 Å². The third-order valence-corrected chi connectivity index (χ3v) is 6.44. The molecule has 0 saturated heterocycles. The molecule has 36 heavy (non-hydrogen) atoms. The normalized spacial score (nSPS) is 12.4. The quantitative estimate of drug-likeness (QED) is 0.188. The van der Waals surface area contributed by atoms with E-state index in [0.717, 1.165) is 21.9 Å². The van der Waals surface area contributed by atoms with E-state index in [1.165, 1.54) is 21.3 Å². The van der Waals surface area contributed by atoms with E-state index in [1.807, 2.05) is 25.1 Å². The molecule has 5 rings (SSSR count). The molecule has 3 heterocycles. The van der Waals surface area contributed by atoms with Crippen molar-refractivity contribution in [2.75, 3.05) is 21.3 Å². The van der Waals surface area contributed by atoms with Crippen LogP contribution in [0.2, 0.25) is 0 Å². The number of benzene rings is 2. The number of rotatable bonds is 7. The van der Waals surface area contributed by atoms with E-state index >= 15 is 0 Å². The van der Waals surface area contributed by atoms with Gasteiger partial charge in [-0.15, -0.1) is 0 Å². The summed E-state index contributed by atoms with van der Waals surface area (Å²) in [5.74, 6) is 0.881. The average molecular weight is 487 g/mol. The molecule has 5 aromatic rings. The number of methoxy groups -OCH3 is 3. The molecule has 0 bridgehead atoms. The molecule has 0 aliphatic rings. The average Bonchev–Trinajstić information content (AvgIpc) is 3.22. The minimum Gasteiger partial charge on any atom is -0.493 e. The second-order valence-corrected chi connectivity index (χ2v) is 8.77. The number of allylic oxidation sites excluding steroid dienone is 1. The standard InChI is InChI=1S/C28H26N2O6/c1-14(2)13-18-20(36-15(3)28(32)35-6)10-8-19-22(18)17-11-12-29-24-16-7-9-21(33-4)26(34-5)23(16)27(31)30(19)25(17)24/h7-12,15H,1,13H2,2-6H3. The first-order valence-corrected chi connectivity index (χ1v) is 11.5. The van der Waals surface area contributed by atoms with Crippen LogP contribution in [0.3, 0.4) is 0 Å². The Morgan fingerprint density at radius 2 is 1.78 bits per heavy atom. The van der Waals surface area contributed by atoms with Crippen LogP contribution in [0.4, 0.5) is 0 Å². The summed E-state index contributed by atoms with van der Waals surface area (Å²) in [4.78, 5) is 30.8. The summed E-state index contributed by atoms with van der Waals surface area (Å²) >= 11 is 0. The molecule has 2 aromatic carbocycles. The van der Waals surface area contributed by atoms with Crippen molar-refractivity contribution >= 4 is 44.1 Å². The van der Waals surface area contributed by atoms with Gasteiger partial charge >= 0.3 is 5.97 Å². The molecule has 8 nitrogen and oxygen atoms in total. The molecule has 0 N–H and O–H groups in total. The van der Waals surface area contributed by atoms with E-state index in [2.05, 4.69) is 11.6 Å². The Morgan fingerprint density at radius 3 is 2.44 bits per heavy atom. The largest absolute Gasteiger partial charge is 0.493 e. The fraction of sp³-hybridized carbons (Fsp3) is 0.250. The third kappa shape index (κ3) is 3.32. The second kappa shape index (κ2) is 8.71. The molecule has 0 saturated carbocycles. The van der Waals surface area contributed by atoms with Gasteiger partial charge < -0.3 is 18.9 Å². The Bertz CT molecular complexity index is 1740. The maximum absolute atomic E-state index is 14.0. The summed E-state index contributed by atoms with van der Waals surface area (Å²) in [7, 11) is 4.37. The van der Waals surface area contributed by atoms with Crippen molar-refractivity contribution in [3.8, 4) is 17.2 Å². The van der Waals surface area contributed by atoms with Crippen LogP contribution in [-0.4, -0.2) is 42.8 Å². The highest BCUT2D eigenvalue weighted by Crippen LogP contribution is 2.41. The number of ether oxygens (including phenoxy) is 4. The van der Waals surface area contributed by atoms with Gasteiger partial charge in [0.15, 0.2) is 17.6 Å². The van der Waals surface area contributed by atoms with Crippen LogP contribution in [0.25, 0.3) is 38.1 Å². The molecule has 1 unspecified atom stereocenters. The summed E-state index contributed by atoms with van der Waals surface area (Å²) in [6, 6.07) is 9.11. The van der Waals surface area contributed by atoms with E-state index in [0.29, 0.717) is 51.0 Å². The first kappa shape index (κ1) is 23.4. The van der Waals surface area contributed by atoms with E-state index < -0.39 is 12.1 Å². The molecule has 184 valence electrons. The van der Waals surface area contributed by atoms with Gasteiger partial charge in [0.2, 0.25) is 0 Å². The van der Waals surface area contributed by atoms with Gasteiger partial charge in [0.25, 0.3) is 5.56 Å². The van der Waals surface area contributed by atoms with Crippen molar-refractivity contribution in [2.45, 2.75) is 26.4 Å². The molecule has 0 aliphatic carbocycles. The molecule has 8 heteroatoms. The zero-order valence-electron chi connectivity index (χ0n) is 20.8. The fourth-order valence-corrected chi connectivity index (χ4v) is 4.95. The summed E-state index contributed by atoms with van der Waals surface area (Å²) in [5.41, 5.74) is 3.58. The Balaban J connectivity index is 1.96. The second-order valence-electron chi connectivity index (χ2n) is 8.77. The van der Waals surface area contributed by atoms with E-state index in [4.69, 9.17) is 18.9 Å². The molecule has 0 aliphatic heterocycles. The SMILES string of the molecule is C=C(C)Cc1c(OC(C)C(=O)OC)ccc2c1c1ccnc3c4ccc(OC)c(OC)c4c(=O)n2c13. The van der Waals surface area contributed by atoms with Crippen LogP contribution in [-0.2, 0) is 16.0 Å². The van der Waals surface area contributed by atoms with E-state index in [9.17, 15) is 9.59 Å². The van der Waals surface area contributed by atoms with Gasteiger partial charge in [-0.05, 0) is 50.6 Å². The van der Waals surface area contributed by atoms with Crippen molar-refractivity contribution < 1.29 is 23.7 Å². The van der Waals surface area contributed by atoms with Crippen molar-refractivity contribution in [2.24, 2.45) is 0 Å². The number of fused-ring (bicyclic) bond motifs is 5. The van der Waals surface area contributed by atoms with Crippen molar-refractivity contribution in [3.05, 3.63) is 64.6 Å². The van der Waals surface area contributed by atoms with Crippen LogP contribution in [0.15, 0.2) is 53.5 Å². The number of pyridine rings is 2. The van der Waals surface area contributed by atoms with Gasteiger partial charge in [-0.1, -0.05) is 12.2 Å². The monoisotopic (exact) mass is 486 g/mol. The lowest BCUT2D eigenvalue weighted by atomic mass is 9.99. The molecule has 0 radical (unpaired) electrons. The number of carbonyl (C=O) groups is 1. The van der Waals surface area contributed by atoms with Crippen LogP contribution in [0.5, 0.6) is 17.2 Å². The molecular weight excluding hydrogens is 460 g/mol. The van der Waals surface area contributed by atoms with Gasteiger partial charge in [0, 0.05) is 27.9 Å². The first-order chi connectivity index (χ1) is 17.3.